The minimum atomic E-state index is -0.292. The maximum Gasteiger partial charge on any atom is 0.246 e. The number of anilines is 1. The molecule has 1 aromatic carbocycles. The van der Waals surface area contributed by atoms with Crippen molar-refractivity contribution in [3.8, 4) is 0 Å². The maximum absolute atomic E-state index is 12.8. The Balaban J connectivity index is 1.60. The fraction of sp³-hybridized carbons (Fsp3) is 0.529. The number of amides is 2. The van der Waals surface area contributed by atoms with Crippen LogP contribution < -0.4 is 4.90 Å². The highest BCUT2D eigenvalue weighted by atomic mass is 35.5. The lowest BCUT2D eigenvalue weighted by atomic mass is 10.2. The molecule has 1 atom stereocenters. The van der Waals surface area contributed by atoms with E-state index in [1.54, 1.807) is 16.7 Å². The molecule has 1 aromatic rings. The summed E-state index contributed by atoms with van der Waals surface area (Å²) in [5.74, 6) is 1.49. The molecule has 0 aliphatic carbocycles. The van der Waals surface area contributed by atoms with Gasteiger partial charge in [-0.2, -0.15) is 0 Å². The van der Waals surface area contributed by atoms with Crippen LogP contribution in [-0.2, 0) is 9.59 Å². The second-order valence-electron chi connectivity index (χ2n) is 6.02. The molecular weight excluding hydrogens is 346 g/mol. The Hall–Kier alpha value is -1.40. The molecule has 1 unspecified atom stereocenters. The Morgan fingerprint density at radius 3 is 2.67 bits per heavy atom. The third-order valence-corrected chi connectivity index (χ3v) is 5.80. The molecule has 2 aliphatic heterocycles. The molecule has 3 rings (SSSR count). The van der Waals surface area contributed by atoms with Crippen molar-refractivity contribution in [3.63, 3.8) is 0 Å². The van der Waals surface area contributed by atoms with E-state index in [9.17, 15) is 9.59 Å². The van der Waals surface area contributed by atoms with Crippen molar-refractivity contribution in [3.05, 3.63) is 29.3 Å². The van der Waals surface area contributed by atoms with Gasteiger partial charge in [0.25, 0.3) is 0 Å². The van der Waals surface area contributed by atoms with Crippen LogP contribution in [0.2, 0.25) is 5.02 Å². The topological polar surface area (TPSA) is 43.9 Å². The fourth-order valence-corrected chi connectivity index (χ4v) is 4.52. The van der Waals surface area contributed by atoms with E-state index in [1.807, 2.05) is 36.1 Å². The SMILES string of the molecule is CCC(=O)N1CSCC1C(=O)N1CCN(c2cccc(Cl)c2)CC1. The molecule has 2 saturated heterocycles. The monoisotopic (exact) mass is 367 g/mol. The minimum Gasteiger partial charge on any atom is -0.368 e. The van der Waals surface area contributed by atoms with Crippen LogP contribution in [0.4, 0.5) is 5.69 Å². The first kappa shape index (κ1) is 17.4. The molecule has 2 heterocycles. The molecule has 2 fully saturated rings. The van der Waals surface area contributed by atoms with Crippen LogP contribution in [0.1, 0.15) is 13.3 Å². The Kier molecular flexibility index (Phi) is 5.56. The third-order valence-electron chi connectivity index (χ3n) is 4.55. The van der Waals surface area contributed by atoms with Crippen LogP contribution in [0.5, 0.6) is 0 Å². The van der Waals surface area contributed by atoms with Crippen molar-refractivity contribution in [2.45, 2.75) is 19.4 Å². The van der Waals surface area contributed by atoms with Crippen molar-refractivity contribution in [1.82, 2.24) is 9.80 Å². The van der Waals surface area contributed by atoms with Crippen LogP contribution >= 0.6 is 23.4 Å². The number of hydrogen-bond donors (Lipinski definition) is 0. The van der Waals surface area contributed by atoms with E-state index in [2.05, 4.69) is 4.90 Å². The summed E-state index contributed by atoms with van der Waals surface area (Å²) in [6.07, 6.45) is 0.451. The minimum absolute atomic E-state index is 0.0657. The van der Waals surface area contributed by atoms with Gasteiger partial charge >= 0.3 is 0 Å². The smallest absolute Gasteiger partial charge is 0.246 e. The molecule has 0 N–H and O–H groups in total. The molecule has 7 heteroatoms. The zero-order valence-electron chi connectivity index (χ0n) is 13.8. The third kappa shape index (κ3) is 3.64. The highest BCUT2D eigenvalue weighted by Gasteiger charge is 2.37. The van der Waals surface area contributed by atoms with E-state index in [4.69, 9.17) is 11.6 Å². The zero-order valence-corrected chi connectivity index (χ0v) is 15.4. The van der Waals surface area contributed by atoms with Crippen molar-refractivity contribution in [1.29, 1.82) is 0 Å². The summed E-state index contributed by atoms with van der Waals surface area (Å²) < 4.78 is 0. The molecule has 0 aromatic heterocycles. The second-order valence-corrected chi connectivity index (χ2v) is 7.46. The number of carbonyl (C=O) groups is 2. The van der Waals surface area contributed by atoms with Crippen LogP contribution in [-0.4, -0.2) is 65.5 Å². The largest absolute Gasteiger partial charge is 0.368 e. The van der Waals surface area contributed by atoms with Gasteiger partial charge < -0.3 is 14.7 Å². The van der Waals surface area contributed by atoms with Crippen molar-refractivity contribution >= 4 is 40.9 Å². The summed E-state index contributed by atoms with van der Waals surface area (Å²) in [6.45, 7) is 4.78. The predicted molar refractivity (Wildman–Crippen MR) is 98.5 cm³/mol. The van der Waals surface area contributed by atoms with E-state index >= 15 is 0 Å². The Morgan fingerprint density at radius 1 is 1.25 bits per heavy atom. The Bertz CT molecular complexity index is 620. The molecule has 2 aliphatic rings. The molecule has 0 radical (unpaired) electrons. The van der Waals surface area contributed by atoms with Gasteiger partial charge in [0.2, 0.25) is 11.8 Å². The zero-order chi connectivity index (χ0) is 17.1. The van der Waals surface area contributed by atoms with Gasteiger partial charge in [0.1, 0.15) is 6.04 Å². The average molecular weight is 368 g/mol. The van der Waals surface area contributed by atoms with E-state index in [0.717, 1.165) is 23.8 Å². The number of benzene rings is 1. The summed E-state index contributed by atoms with van der Waals surface area (Å²) in [5, 5.41) is 0.725. The maximum atomic E-state index is 12.8. The van der Waals surface area contributed by atoms with Crippen LogP contribution in [0.25, 0.3) is 0 Å². The van der Waals surface area contributed by atoms with Crippen LogP contribution in [0.15, 0.2) is 24.3 Å². The fourth-order valence-electron chi connectivity index (χ4n) is 3.16. The van der Waals surface area contributed by atoms with E-state index in [1.165, 1.54) is 0 Å². The number of nitrogens with zero attached hydrogens (tertiary/aromatic N) is 3. The summed E-state index contributed by atoms with van der Waals surface area (Å²) >= 11 is 7.72. The molecule has 0 spiro atoms. The lowest BCUT2D eigenvalue weighted by molar-refractivity contribution is -0.143. The van der Waals surface area contributed by atoms with Gasteiger partial charge in [0.05, 0.1) is 5.88 Å². The molecule has 130 valence electrons. The van der Waals surface area contributed by atoms with E-state index in [-0.39, 0.29) is 17.9 Å². The molecule has 0 saturated carbocycles. The van der Waals surface area contributed by atoms with Crippen molar-refractivity contribution in [2.24, 2.45) is 0 Å². The number of carbonyl (C=O) groups excluding carboxylic acids is 2. The lowest BCUT2D eigenvalue weighted by Crippen LogP contribution is -2.55. The summed E-state index contributed by atoms with van der Waals surface area (Å²) in [4.78, 5) is 30.7. The Morgan fingerprint density at radius 2 is 2.00 bits per heavy atom. The quantitative estimate of drug-likeness (QED) is 0.822. The van der Waals surface area contributed by atoms with Crippen LogP contribution in [0, 0.1) is 0 Å². The summed E-state index contributed by atoms with van der Waals surface area (Å²) in [7, 11) is 0. The molecule has 24 heavy (non-hydrogen) atoms. The first-order valence-corrected chi connectivity index (χ1v) is 9.80. The Labute approximate surface area is 151 Å². The number of halogens is 1. The predicted octanol–water partition coefficient (Wildman–Crippen LogP) is 2.30. The second kappa shape index (κ2) is 7.66. The number of piperazine rings is 1. The molecule has 0 bridgehead atoms. The first-order chi connectivity index (χ1) is 11.6. The van der Waals surface area contributed by atoms with Crippen LogP contribution in [0.3, 0.4) is 0 Å². The molecule has 2 amide bonds. The number of rotatable bonds is 3. The summed E-state index contributed by atoms with van der Waals surface area (Å²) in [5.41, 5.74) is 1.09. The standard InChI is InChI=1S/C17H22ClN3O2S/c1-2-16(22)21-12-24-11-15(21)17(23)20-8-6-19(7-9-20)14-5-3-4-13(18)10-14/h3-5,10,15H,2,6-9,11-12H2,1H3. The van der Waals surface area contributed by atoms with Crippen molar-refractivity contribution in [2.75, 3.05) is 42.7 Å². The van der Waals surface area contributed by atoms with Gasteiger partial charge in [0, 0.05) is 49.1 Å². The number of hydrogen-bond acceptors (Lipinski definition) is 4. The average Bonchev–Trinajstić information content (AvgIpc) is 3.10. The van der Waals surface area contributed by atoms with Gasteiger partial charge in [-0.05, 0) is 18.2 Å². The van der Waals surface area contributed by atoms with E-state index in [0.29, 0.717) is 31.1 Å². The lowest BCUT2D eigenvalue weighted by Gasteiger charge is -2.38. The van der Waals surface area contributed by atoms with Gasteiger partial charge in [-0.3, -0.25) is 9.59 Å². The van der Waals surface area contributed by atoms with Crippen molar-refractivity contribution < 1.29 is 9.59 Å². The normalized spacial score (nSPS) is 21.2. The number of thioether (sulfide) groups is 1. The summed E-state index contributed by atoms with van der Waals surface area (Å²) in [6, 6.07) is 7.51. The van der Waals surface area contributed by atoms with Gasteiger partial charge in [-0.1, -0.05) is 24.6 Å². The molecular formula is C17H22ClN3O2S. The first-order valence-electron chi connectivity index (χ1n) is 8.26. The van der Waals surface area contributed by atoms with Gasteiger partial charge in [-0.15, -0.1) is 11.8 Å². The van der Waals surface area contributed by atoms with Gasteiger partial charge in [0.15, 0.2) is 0 Å². The highest BCUT2D eigenvalue weighted by molar-refractivity contribution is 7.99. The van der Waals surface area contributed by atoms with E-state index < -0.39 is 0 Å². The molecule has 5 nitrogen and oxygen atoms in total. The highest BCUT2D eigenvalue weighted by Crippen LogP contribution is 2.25. The van der Waals surface area contributed by atoms with Gasteiger partial charge in [-0.25, -0.2) is 0 Å².